The summed E-state index contributed by atoms with van der Waals surface area (Å²) in [5.74, 6) is 1.78. The number of hydrogen-bond acceptors (Lipinski definition) is 4. The highest BCUT2D eigenvalue weighted by molar-refractivity contribution is 5.05. The first-order valence-electron chi connectivity index (χ1n) is 5.54. The summed E-state index contributed by atoms with van der Waals surface area (Å²) < 4.78 is 5.58. The summed E-state index contributed by atoms with van der Waals surface area (Å²) in [6, 6.07) is 0.566. The zero-order chi connectivity index (χ0) is 10.8. The van der Waals surface area contributed by atoms with E-state index in [9.17, 15) is 0 Å². The molecule has 0 aromatic carbocycles. The maximum absolute atomic E-state index is 5.58. The first-order valence-corrected chi connectivity index (χ1v) is 5.54. The van der Waals surface area contributed by atoms with Crippen LogP contribution in [0.1, 0.15) is 24.3 Å². The van der Waals surface area contributed by atoms with Crippen LogP contribution in [-0.2, 0) is 6.54 Å². The molecule has 2 heterocycles. The Kier molecular flexibility index (Phi) is 3.07. The van der Waals surface area contributed by atoms with Gasteiger partial charge in [-0.1, -0.05) is 0 Å². The second-order valence-corrected chi connectivity index (χ2v) is 4.34. The number of oxazole rings is 1. The predicted molar refractivity (Wildman–Crippen MR) is 58.7 cm³/mol. The van der Waals surface area contributed by atoms with Crippen molar-refractivity contribution in [3.05, 3.63) is 17.3 Å². The van der Waals surface area contributed by atoms with Gasteiger partial charge in [0.15, 0.2) is 0 Å². The van der Waals surface area contributed by atoms with Crippen molar-refractivity contribution in [2.24, 2.45) is 0 Å². The van der Waals surface area contributed by atoms with Crippen LogP contribution in [0.15, 0.2) is 4.42 Å². The van der Waals surface area contributed by atoms with Crippen molar-refractivity contribution < 1.29 is 4.42 Å². The van der Waals surface area contributed by atoms with E-state index < -0.39 is 0 Å². The van der Waals surface area contributed by atoms with Crippen LogP contribution in [0.5, 0.6) is 0 Å². The lowest BCUT2D eigenvalue weighted by atomic mass is 10.2. The lowest BCUT2D eigenvalue weighted by Gasteiger charge is -2.30. The fourth-order valence-electron chi connectivity index (χ4n) is 1.95. The molecule has 1 saturated heterocycles. The summed E-state index contributed by atoms with van der Waals surface area (Å²) >= 11 is 0. The SMILES string of the molecule is Cc1nc(CN2CCNC(C)C2)oc1C. The van der Waals surface area contributed by atoms with Gasteiger partial charge < -0.3 is 9.73 Å². The molecule has 1 fully saturated rings. The topological polar surface area (TPSA) is 41.3 Å². The Labute approximate surface area is 90.7 Å². The van der Waals surface area contributed by atoms with Crippen molar-refractivity contribution >= 4 is 0 Å². The smallest absolute Gasteiger partial charge is 0.208 e. The van der Waals surface area contributed by atoms with E-state index in [-0.39, 0.29) is 0 Å². The van der Waals surface area contributed by atoms with Gasteiger partial charge in [-0.15, -0.1) is 0 Å². The molecule has 15 heavy (non-hydrogen) atoms. The molecule has 0 spiro atoms. The number of aromatic nitrogens is 1. The van der Waals surface area contributed by atoms with E-state index in [1.807, 2.05) is 13.8 Å². The Balaban J connectivity index is 1.96. The highest BCUT2D eigenvalue weighted by Crippen LogP contribution is 2.11. The van der Waals surface area contributed by atoms with E-state index in [4.69, 9.17) is 4.42 Å². The van der Waals surface area contributed by atoms with E-state index in [1.54, 1.807) is 0 Å². The molecule has 0 amide bonds. The molecule has 2 rings (SSSR count). The van der Waals surface area contributed by atoms with Gasteiger partial charge in [-0.05, 0) is 20.8 Å². The minimum atomic E-state index is 0.566. The lowest BCUT2D eigenvalue weighted by molar-refractivity contribution is 0.183. The molecule has 4 heteroatoms. The Morgan fingerprint density at radius 1 is 1.53 bits per heavy atom. The number of piperazine rings is 1. The fourth-order valence-corrected chi connectivity index (χ4v) is 1.95. The van der Waals surface area contributed by atoms with Crippen LogP contribution in [0, 0.1) is 13.8 Å². The van der Waals surface area contributed by atoms with Gasteiger partial charge in [-0.3, -0.25) is 4.90 Å². The largest absolute Gasteiger partial charge is 0.444 e. The van der Waals surface area contributed by atoms with Gasteiger partial charge in [0.1, 0.15) is 5.76 Å². The Morgan fingerprint density at radius 3 is 2.93 bits per heavy atom. The highest BCUT2D eigenvalue weighted by Gasteiger charge is 2.17. The maximum Gasteiger partial charge on any atom is 0.208 e. The monoisotopic (exact) mass is 209 g/mol. The molecule has 84 valence electrons. The first kappa shape index (κ1) is 10.6. The molecule has 0 radical (unpaired) electrons. The highest BCUT2D eigenvalue weighted by atomic mass is 16.4. The third kappa shape index (κ3) is 2.58. The molecule has 1 N–H and O–H groups in total. The quantitative estimate of drug-likeness (QED) is 0.791. The van der Waals surface area contributed by atoms with Crippen LogP contribution in [-0.4, -0.2) is 35.6 Å². The number of hydrogen-bond donors (Lipinski definition) is 1. The van der Waals surface area contributed by atoms with Crippen LogP contribution in [0.3, 0.4) is 0 Å². The van der Waals surface area contributed by atoms with Gasteiger partial charge >= 0.3 is 0 Å². The average molecular weight is 209 g/mol. The van der Waals surface area contributed by atoms with Crippen molar-refractivity contribution in [3.63, 3.8) is 0 Å². The molecule has 0 aliphatic carbocycles. The van der Waals surface area contributed by atoms with Crippen LogP contribution >= 0.6 is 0 Å². The van der Waals surface area contributed by atoms with E-state index in [0.29, 0.717) is 6.04 Å². The van der Waals surface area contributed by atoms with Crippen LogP contribution in [0.4, 0.5) is 0 Å². The Hall–Kier alpha value is -0.870. The molecule has 0 bridgehead atoms. The normalized spacial score (nSPS) is 23.3. The van der Waals surface area contributed by atoms with Gasteiger partial charge in [0.25, 0.3) is 0 Å². The molecule has 1 aliphatic heterocycles. The van der Waals surface area contributed by atoms with E-state index in [0.717, 1.165) is 43.5 Å². The standard InChI is InChI=1S/C11H19N3O/c1-8-6-14(5-4-12-8)7-11-13-9(2)10(3)15-11/h8,12H,4-7H2,1-3H3. The third-order valence-corrected chi connectivity index (χ3v) is 2.88. The molecule has 1 atom stereocenters. The number of nitrogens with one attached hydrogen (secondary N) is 1. The first-order chi connectivity index (χ1) is 7.15. The van der Waals surface area contributed by atoms with E-state index in [2.05, 4.69) is 22.1 Å². The minimum Gasteiger partial charge on any atom is -0.444 e. The summed E-state index contributed by atoms with van der Waals surface area (Å²) in [5, 5.41) is 3.42. The third-order valence-electron chi connectivity index (χ3n) is 2.88. The average Bonchev–Trinajstić information content (AvgIpc) is 2.45. The molecule has 1 aromatic heterocycles. The molecule has 1 aliphatic rings. The molecule has 1 unspecified atom stereocenters. The van der Waals surface area contributed by atoms with Crippen molar-refractivity contribution in [2.45, 2.75) is 33.4 Å². The summed E-state index contributed by atoms with van der Waals surface area (Å²) in [6.07, 6.45) is 0. The molecule has 1 aromatic rings. The van der Waals surface area contributed by atoms with Gasteiger partial charge in [0.2, 0.25) is 5.89 Å². The van der Waals surface area contributed by atoms with Gasteiger partial charge in [-0.2, -0.15) is 0 Å². The van der Waals surface area contributed by atoms with Gasteiger partial charge in [-0.25, -0.2) is 4.98 Å². The van der Waals surface area contributed by atoms with Crippen molar-refractivity contribution in [1.29, 1.82) is 0 Å². The van der Waals surface area contributed by atoms with Crippen LogP contribution < -0.4 is 5.32 Å². The second kappa shape index (κ2) is 4.33. The number of nitrogens with zero attached hydrogens (tertiary/aromatic N) is 2. The van der Waals surface area contributed by atoms with Gasteiger partial charge in [0, 0.05) is 25.7 Å². The lowest BCUT2D eigenvalue weighted by Crippen LogP contribution is -2.48. The number of aryl methyl sites for hydroxylation is 2. The summed E-state index contributed by atoms with van der Waals surface area (Å²) in [6.45, 7) is 10.2. The van der Waals surface area contributed by atoms with Crippen LogP contribution in [0.25, 0.3) is 0 Å². The van der Waals surface area contributed by atoms with Crippen LogP contribution in [0.2, 0.25) is 0 Å². The zero-order valence-corrected chi connectivity index (χ0v) is 9.71. The minimum absolute atomic E-state index is 0.566. The summed E-state index contributed by atoms with van der Waals surface area (Å²) in [7, 11) is 0. The van der Waals surface area contributed by atoms with E-state index in [1.165, 1.54) is 0 Å². The zero-order valence-electron chi connectivity index (χ0n) is 9.71. The van der Waals surface area contributed by atoms with E-state index >= 15 is 0 Å². The number of rotatable bonds is 2. The molecular formula is C11H19N3O. The van der Waals surface area contributed by atoms with Crippen molar-refractivity contribution in [3.8, 4) is 0 Å². The fraction of sp³-hybridized carbons (Fsp3) is 0.727. The Bertz CT molecular complexity index is 315. The predicted octanol–water partition coefficient (Wildman–Crippen LogP) is 1.09. The summed E-state index contributed by atoms with van der Waals surface area (Å²) in [4.78, 5) is 6.78. The maximum atomic E-state index is 5.58. The second-order valence-electron chi connectivity index (χ2n) is 4.34. The van der Waals surface area contributed by atoms with Gasteiger partial charge in [0.05, 0.1) is 12.2 Å². The molecule has 4 nitrogen and oxygen atoms in total. The van der Waals surface area contributed by atoms with Crippen molar-refractivity contribution in [2.75, 3.05) is 19.6 Å². The summed E-state index contributed by atoms with van der Waals surface area (Å²) in [5.41, 5.74) is 1.01. The Morgan fingerprint density at radius 2 is 2.33 bits per heavy atom. The molecule has 0 saturated carbocycles. The van der Waals surface area contributed by atoms with Crippen molar-refractivity contribution in [1.82, 2.24) is 15.2 Å². The molecular weight excluding hydrogens is 190 g/mol.